The molecule has 1 unspecified atom stereocenters. The molecule has 2 saturated heterocycles. The number of imidazole rings is 1. The summed E-state index contributed by atoms with van der Waals surface area (Å²) in [4.78, 5) is 14.3. The van der Waals surface area contributed by atoms with Crippen molar-refractivity contribution in [3.8, 4) is 17.0 Å². The third kappa shape index (κ3) is 3.45. The van der Waals surface area contributed by atoms with Gasteiger partial charge in [0.15, 0.2) is 0 Å². The van der Waals surface area contributed by atoms with Crippen LogP contribution < -0.4 is 10.1 Å². The number of anilines is 1. The van der Waals surface area contributed by atoms with Gasteiger partial charge in [0.25, 0.3) is 5.92 Å². The summed E-state index contributed by atoms with van der Waals surface area (Å²) in [6.45, 7) is 0.989. The van der Waals surface area contributed by atoms with Crippen LogP contribution in [0.15, 0.2) is 37.1 Å². The second-order valence-electron chi connectivity index (χ2n) is 8.25. The van der Waals surface area contributed by atoms with Crippen LogP contribution in [0.1, 0.15) is 10.5 Å². The molecule has 0 spiro atoms. The van der Waals surface area contributed by atoms with Gasteiger partial charge in [-0.3, -0.25) is 9.30 Å². The molecule has 0 bridgehead atoms. The van der Waals surface area contributed by atoms with Crippen LogP contribution in [0.2, 0.25) is 0 Å². The van der Waals surface area contributed by atoms with E-state index in [1.165, 1.54) is 4.52 Å². The molecule has 12 heteroatoms. The average molecular weight is 459 g/mol. The average Bonchev–Trinajstić information content (AvgIpc) is 3.39. The van der Waals surface area contributed by atoms with Gasteiger partial charge in [0, 0.05) is 48.7 Å². The number of nitrogens with zero attached hydrogens (tertiary/aromatic N) is 7. The maximum absolute atomic E-state index is 15.0. The third-order valence-electron chi connectivity index (χ3n) is 6.20. The molecule has 6 rings (SSSR count). The number of rotatable bonds is 5. The van der Waals surface area contributed by atoms with Crippen molar-refractivity contribution in [2.75, 3.05) is 38.7 Å². The highest BCUT2D eigenvalue weighted by Gasteiger charge is 2.47. The first-order valence-electron chi connectivity index (χ1n) is 12.0. The minimum Gasteiger partial charge on any atom is -0.479 e. The van der Waals surface area contributed by atoms with Crippen LogP contribution in [-0.4, -0.2) is 85.2 Å². The minimum atomic E-state index is -3.05. The van der Waals surface area contributed by atoms with Crippen molar-refractivity contribution in [1.29, 1.82) is 0 Å². The topological polar surface area (TPSA) is 94.1 Å². The summed E-state index contributed by atoms with van der Waals surface area (Å²) in [5.74, 6) is -2.96. The Labute approximate surface area is 191 Å². The van der Waals surface area contributed by atoms with E-state index in [1.54, 1.807) is 46.4 Å². The molecule has 10 nitrogen and oxygen atoms in total. The third-order valence-corrected chi connectivity index (χ3v) is 6.20. The molecule has 1 N–H and O–H groups in total. The molecule has 1 atom stereocenters. The first kappa shape index (κ1) is 17.1. The van der Waals surface area contributed by atoms with Gasteiger partial charge in [-0.15, -0.1) is 5.10 Å². The Morgan fingerprint density at radius 1 is 1.30 bits per heavy atom. The van der Waals surface area contributed by atoms with Crippen LogP contribution >= 0.6 is 0 Å². The highest BCUT2D eigenvalue weighted by molar-refractivity contribution is 5.84. The fraction of sp³-hybridized carbons (Fsp3) is 0.429. The number of aromatic nitrogens is 6. The van der Waals surface area contributed by atoms with E-state index in [0.717, 1.165) is 0 Å². The minimum absolute atomic E-state index is 0.0121. The number of piperidine rings is 1. The van der Waals surface area contributed by atoms with Crippen molar-refractivity contribution in [3.05, 3.63) is 37.1 Å². The molecule has 33 heavy (non-hydrogen) atoms. The van der Waals surface area contributed by atoms with Crippen LogP contribution in [0.4, 0.5) is 14.7 Å². The molecule has 4 aromatic heterocycles. The van der Waals surface area contributed by atoms with E-state index in [2.05, 4.69) is 25.4 Å². The molecular formula is C21H22F2N8O2. The lowest BCUT2D eigenvalue weighted by molar-refractivity contribution is -0.131. The standard InChI is InChI=1S/C21H22F2N8O2/c1-32-18-17-15(13-8-25-20-24-4-7-29(20)9-13)2-6-31(17)28-19(27-18)26-16-3-5-30(12-21(16,22)23)14-10-33-11-14/h2,4,6-9,14,16H,3,5,10-12H2,1H3,(H,26,28)/i1D3. The van der Waals surface area contributed by atoms with Gasteiger partial charge in [0.2, 0.25) is 17.6 Å². The molecule has 0 aliphatic carbocycles. The number of fused-ring (bicyclic) bond motifs is 2. The zero-order chi connectivity index (χ0) is 25.1. The predicted octanol–water partition coefficient (Wildman–Crippen LogP) is 1.97. The van der Waals surface area contributed by atoms with Crippen molar-refractivity contribution in [1.82, 2.24) is 33.9 Å². The van der Waals surface area contributed by atoms with Crippen LogP contribution in [0.3, 0.4) is 0 Å². The zero-order valence-corrected chi connectivity index (χ0v) is 17.4. The Morgan fingerprint density at radius 3 is 3.00 bits per heavy atom. The second-order valence-corrected chi connectivity index (χ2v) is 8.25. The number of likely N-dealkylation sites (tertiary alicyclic amines) is 1. The number of methoxy groups -OCH3 is 1. The monoisotopic (exact) mass is 459 g/mol. The van der Waals surface area contributed by atoms with Gasteiger partial charge in [-0.05, 0) is 12.5 Å². The number of hydrogen-bond donors (Lipinski definition) is 1. The van der Waals surface area contributed by atoms with E-state index in [-0.39, 0.29) is 29.8 Å². The first-order chi connectivity index (χ1) is 17.2. The summed E-state index contributed by atoms with van der Waals surface area (Å²) in [6.07, 6.45) is 8.44. The number of halogens is 2. The molecule has 4 aromatic rings. The smallest absolute Gasteiger partial charge is 0.280 e. The highest BCUT2D eigenvalue weighted by Crippen LogP contribution is 2.34. The Kier molecular flexibility index (Phi) is 3.94. The summed E-state index contributed by atoms with van der Waals surface area (Å²) in [5.41, 5.74) is 1.47. The molecular weight excluding hydrogens is 434 g/mol. The van der Waals surface area contributed by atoms with E-state index in [0.29, 0.717) is 36.7 Å². The second kappa shape index (κ2) is 7.59. The maximum atomic E-state index is 15.0. The summed E-state index contributed by atoms with van der Waals surface area (Å²) in [5, 5.41) is 7.05. The maximum Gasteiger partial charge on any atom is 0.280 e. The number of nitrogens with one attached hydrogen (secondary N) is 1. The highest BCUT2D eigenvalue weighted by atomic mass is 19.3. The van der Waals surface area contributed by atoms with Crippen molar-refractivity contribution in [2.24, 2.45) is 0 Å². The van der Waals surface area contributed by atoms with Crippen molar-refractivity contribution in [2.45, 2.75) is 24.4 Å². The SMILES string of the molecule is [2H]C([2H])([2H])Oc1nc(NC2CCN(C3COC3)CC2(F)F)nn2ccc(-c3cnc4nccn4c3)c12. The lowest BCUT2D eigenvalue weighted by atomic mass is 9.98. The van der Waals surface area contributed by atoms with Crippen molar-refractivity contribution >= 4 is 17.2 Å². The van der Waals surface area contributed by atoms with E-state index in [9.17, 15) is 8.78 Å². The van der Waals surface area contributed by atoms with Crippen LogP contribution in [0.25, 0.3) is 22.4 Å². The Bertz CT molecular complexity index is 1420. The lowest BCUT2D eigenvalue weighted by Crippen LogP contribution is -2.61. The summed E-state index contributed by atoms with van der Waals surface area (Å²) in [6, 6.07) is 0.488. The van der Waals surface area contributed by atoms with Crippen LogP contribution in [-0.2, 0) is 4.74 Å². The van der Waals surface area contributed by atoms with Gasteiger partial charge in [-0.1, -0.05) is 0 Å². The Morgan fingerprint density at radius 2 is 2.21 bits per heavy atom. The Balaban J connectivity index is 1.34. The molecule has 0 aromatic carbocycles. The molecule has 2 aliphatic rings. The molecule has 172 valence electrons. The van der Waals surface area contributed by atoms with E-state index in [4.69, 9.17) is 13.6 Å². The molecule has 2 fully saturated rings. The van der Waals surface area contributed by atoms with Crippen LogP contribution in [0, 0.1) is 0 Å². The van der Waals surface area contributed by atoms with Gasteiger partial charge in [-0.2, -0.15) is 4.98 Å². The normalized spacial score (nSPS) is 23.1. The molecule has 0 saturated carbocycles. The molecule has 6 heterocycles. The summed E-state index contributed by atoms with van der Waals surface area (Å²) in [7, 11) is -2.82. The fourth-order valence-corrected chi connectivity index (χ4v) is 4.36. The van der Waals surface area contributed by atoms with E-state index in [1.807, 2.05) is 0 Å². The molecule has 2 aliphatic heterocycles. The Hall–Kier alpha value is -3.38. The quantitative estimate of drug-likeness (QED) is 0.484. The molecule has 0 radical (unpaired) electrons. The van der Waals surface area contributed by atoms with E-state index >= 15 is 0 Å². The van der Waals surface area contributed by atoms with Crippen molar-refractivity contribution < 1.29 is 22.4 Å². The summed E-state index contributed by atoms with van der Waals surface area (Å²) < 4.78 is 66.2. The summed E-state index contributed by atoms with van der Waals surface area (Å²) >= 11 is 0. The molecule has 0 amide bonds. The zero-order valence-electron chi connectivity index (χ0n) is 20.4. The van der Waals surface area contributed by atoms with Gasteiger partial charge in [0.05, 0.1) is 43.0 Å². The predicted molar refractivity (Wildman–Crippen MR) is 115 cm³/mol. The number of alkyl halides is 2. The van der Waals surface area contributed by atoms with Gasteiger partial charge in [0.1, 0.15) is 5.52 Å². The number of ether oxygens (including phenoxy) is 2. The van der Waals surface area contributed by atoms with Crippen molar-refractivity contribution in [3.63, 3.8) is 0 Å². The lowest BCUT2D eigenvalue weighted by Gasteiger charge is -2.44. The fourth-order valence-electron chi connectivity index (χ4n) is 4.36. The van der Waals surface area contributed by atoms with Gasteiger partial charge in [-0.25, -0.2) is 23.3 Å². The van der Waals surface area contributed by atoms with Gasteiger partial charge >= 0.3 is 0 Å². The number of hydrogen-bond acceptors (Lipinski definition) is 8. The van der Waals surface area contributed by atoms with Crippen LogP contribution in [0.5, 0.6) is 5.88 Å². The largest absolute Gasteiger partial charge is 0.479 e. The van der Waals surface area contributed by atoms with Gasteiger partial charge < -0.3 is 14.8 Å². The first-order valence-corrected chi connectivity index (χ1v) is 10.5. The van der Waals surface area contributed by atoms with E-state index < -0.39 is 25.5 Å².